The Kier molecular flexibility index (Phi) is 13.0. The van der Waals surface area contributed by atoms with Crippen LogP contribution in [0.2, 0.25) is 0 Å². The summed E-state index contributed by atoms with van der Waals surface area (Å²) in [6.45, 7) is 13.5. The number of hydrogen-bond donors (Lipinski definition) is 0. The minimum absolute atomic E-state index is 0.954. The van der Waals surface area contributed by atoms with Crippen LogP contribution in [0.15, 0.2) is 133 Å². The van der Waals surface area contributed by atoms with Gasteiger partial charge in [-0.2, -0.15) is 8.75 Å². The van der Waals surface area contributed by atoms with Crippen molar-refractivity contribution in [1.29, 1.82) is 0 Å². The SMILES string of the molecule is CCCCN(CCCC)c1ccc(-c2ccc(-c3ccc(-c4ccc(-c5ccc(N(CCCC)CCCC)c6ccccc56)cc4)c4nsnc34)cc2)c2ccccc12. The van der Waals surface area contributed by atoms with E-state index in [1.807, 2.05) is 0 Å². The van der Waals surface area contributed by atoms with Crippen LogP contribution in [0.4, 0.5) is 11.4 Å². The van der Waals surface area contributed by atoms with E-state index in [1.54, 1.807) is 0 Å². The fraction of sp³-hybridized carbons (Fsp3) is 0.296. The topological polar surface area (TPSA) is 32.3 Å². The van der Waals surface area contributed by atoms with Gasteiger partial charge in [0.05, 0.1) is 11.7 Å². The van der Waals surface area contributed by atoms with Crippen molar-refractivity contribution in [3.05, 3.63) is 133 Å². The van der Waals surface area contributed by atoms with Crippen LogP contribution in [0.5, 0.6) is 0 Å². The van der Waals surface area contributed by atoms with Gasteiger partial charge in [0.15, 0.2) is 0 Å². The maximum absolute atomic E-state index is 4.85. The van der Waals surface area contributed by atoms with Crippen molar-refractivity contribution in [3.63, 3.8) is 0 Å². The van der Waals surface area contributed by atoms with Crippen LogP contribution < -0.4 is 9.80 Å². The van der Waals surface area contributed by atoms with Gasteiger partial charge in [-0.05, 0) is 82.0 Å². The molecule has 1 heterocycles. The molecule has 0 saturated carbocycles. The Morgan fingerprint density at radius 1 is 0.356 bits per heavy atom. The molecule has 0 fully saturated rings. The summed E-state index contributed by atoms with van der Waals surface area (Å²) in [4.78, 5) is 5.20. The first-order valence-electron chi connectivity index (χ1n) is 22.1. The van der Waals surface area contributed by atoms with Crippen LogP contribution >= 0.6 is 11.7 Å². The van der Waals surface area contributed by atoms with E-state index >= 15 is 0 Å². The minimum Gasteiger partial charge on any atom is -0.371 e. The lowest BCUT2D eigenvalue weighted by molar-refractivity contribution is 0.679. The average molecular weight is 795 g/mol. The molecule has 0 amide bonds. The summed E-state index contributed by atoms with van der Waals surface area (Å²) >= 11 is 1.29. The van der Waals surface area contributed by atoms with Crippen LogP contribution in [0.25, 0.3) is 77.1 Å². The monoisotopic (exact) mass is 794 g/mol. The number of rotatable bonds is 18. The maximum Gasteiger partial charge on any atom is 0.113 e. The molecule has 0 aliphatic rings. The first-order chi connectivity index (χ1) is 29.1. The molecule has 0 atom stereocenters. The maximum atomic E-state index is 4.85. The second-order valence-electron chi connectivity index (χ2n) is 16.0. The molecule has 8 aromatic rings. The summed E-state index contributed by atoms with van der Waals surface area (Å²) in [5, 5.41) is 5.27. The standard InChI is InChI=1S/C54H58N4S/c1-5-9-35-57(36-10-6-2)51-33-31-43(47-17-13-15-19-49(47)51)39-21-25-41(26-22-39)45-29-30-46(54-53(45)55-59-56-54)42-27-23-40(24-28-42)44-32-34-52(50-20-16-14-18-48(44)50)58(37-11-7-3)38-12-8-4/h13-34H,5-12,35-38H2,1-4H3. The summed E-state index contributed by atoms with van der Waals surface area (Å²) in [5.74, 6) is 0. The van der Waals surface area contributed by atoms with E-state index in [4.69, 9.17) is 8.75 Å². The second kappa shape index (κ2) is 19.0. The molecule has 0 N–H and O–H groups in total. The lowest BCUT2D eigenvalue weighted by Gasteiger charge is -2.27. The average Bonchev–Trinajstić information content (AvgIpc) is 3.79. The highest BCUT2D eigenvalue weighted by Crippen LogP contribution is 2.40. The lowest BCUT2D eigenvalue weighted by atomic mass is 9.93. The molecule has 59 heavy (non-hydrogen) atoms. The number of unbranched alkanes of at least 4 members (excludes halogenated alkanes) is 4. The summed E-state index contributed by atoms with van der Waals surface area (Å²) in [7, 11) is 0. The number of fused-ring (bicyclic) bond motifs is 3. The van der Waals surface area contributed by atoms with Crippen molar-refractivity contribution in [1.82, 2.24) is 8.75 Å². The van der Waals surface area contributed by atoms with Gasteiger partial charge in [-0.3, -0.25) is 0 Å². The molecule has 0 saturated heterocycles. The molecule has 0 unspecified atom stereocenters. The molecular weight excluding hydrogens is 737 g/mol. The zero-order valence-electron chi connectivity index (χ0n) is 35.4. The molecular formula is C54H58N4S. The Morgan fingerprint density at radius 2 is 0.661 bits per heavy atom. The van der Waals surface area contributed by atoms with Gasteiger partial charge in [0.2, 0.25) is 0 Å². The zero-order valence-corrected chi connectivity index (χ0v) is 36.2. The Balaban J connectivity index is 1.07. The molecule has 8 rings (SSSR count). The first kappa shape index (κ1) is 40.3. The molecule has 300 valence electrons. The van der Waals surface area contributed by atoms with Crippen molar-refractivity contribution in [2.45, 2.75) is 79.1 Å². The highest BCUT2D eigenvalue weighted by Gasteiger charge is 2.17. The second-order valence-corrected chi connectivity index (χ2v) is 16.5. The lowest BCUT2D eigenvalue weighted by Crippen LogP contribution is -2.25. The minimum atomic E-state index is 0.954. The summed E-state index contributed by atoms with van der Waals surface area (Å²) < 4.78 is 9.70. The molecule has 0 aliphatic carbocycles. The van der Waals surface area contributed by atoms with Crippen LogP contribution in [-0.4, -0.2) is 34.9 Å². The van der Waals surface area contributed by atoms with Crippen LogP contribution in [0, 0.1) is 0 Å². The quantitative estimate of drug-likeness (QED) is 0.0866. The van der Waals surface area contributed by atoms with E-state index in [0.717, 1.165) is 59.5 Å². The van der Waals surface area contributed by atoms with Gasteiger partial charge < -0.3 is 9.80 Å². The Labute approximate surface area is 355 Å². The molecule has 0 aliphatic heterocycles. The van der Waals surface area contributed by atoms with Gasteiger partial charge in [0.1, 0.15) is 11.0 Å². The van der Waals surface area contributed by atoms with Gasteiger partial charge in [-0.15, -0.1) is 0 Å². The third-order valence-corrected chi connectivity index (χ3v) is 12.6. The Hall–Kier alpha value is -5.52. The van der Waals surface area contributed by atoms with E-state index in [0.29, 0.717) is 0 Å². The van der Waals surface area contributed by atoms with E-state index in [1.165, 1.54) is 118 Å². The van der Waals surface area contributed by atoms with Crippen molar-refractivity contribution < 1.29 is 0 Å². The molecule has 0 spiro atoms. The Morgan fingerprint density at radius 3 is 1.00 bits per heavy atom. The van der Waals surface area contributed by atoms with Crippen molar-refractivity contribution in [3.8, 4) is 44.5 Å². The van der Waals surface area contributed by atoms with Gasteiger partial charge >= 0.3 is 0 Å². The van der Waals surface area contributed by atoms with Crippen LogP contribution in [0.3, 0.4) is 0 Å². The van der Waals surface area contributed by atoms with Crippen molar-refractivity contribution in [2.24, 2.45) is 0 Å². The molecule has 7 aromatic carbocycles. The fourth-order valence-electron chi connectivity index (χ4n) is 8.71. The molecule has 4 nitrogen and oxygen atoms in total. The predicted molar refractivity (Wildman–Crippen MR) is 258 cm³/mol. The summed E-state index contributed by atoms with van der Waals surface area (Å²) in [6, 6.07) is 49.7. The number of nitrogens with zero attached hydrogens (tertiary/aromatic N) is 4. The Bertz CT molecular complexity index is 2430. The number of anilines is 2. The van der Waals surface area contributed by atoms with Crippen LogP contribution in [-0.2, 0) is 0 Å². The molecule has 5 heteroatoms. The van der Waals surface area contributed by atoms with Crippen molar-refractivity contribution in [2.75, 3.05) is 36.0 Å². The van der Waals surface area contributed by atoms with E-state index in [2.05, 4.69) is 171 Å². The van der Waals surface area contributed by atoms with E-state index in [-0.39, 0.29) is 0 Å². The third kappa shape index (κ3) is 8.49. The largest absolute Gasteiger partial charge is 0.371 e. The summed E-state index contributed by atoms with van der Waals surface area (Å²) in [6.07, 6.45) is 9.65. The van der Waals surface area contributed by atoms with E-state index in [9.17, 15) is 0 Å². The van der Waals surface area contributed by atoms with Gasteiger partial charge in [0, 0.05) is 59.5 Å². The normalized spacial score (nSPS) is 11.5. The summed E-state index contributed by atoms with van der Waals surface area (Å²) in [5.41, 5.74) is 14.1. The first-order valence-corrected chi connectivity index (χ1v) is 22.9. The van der Waals surface area contributed by atoms with Gasteiger partial charge in [0.25, 0.3) is 0 Å². The molecule has 1 aromatic heterocycles. The number of aromatic nitrogens is 2. The highest BCUT2D eigenvalue weighted by atomic mass is 32.1. The highest BCUT2D eigenvalue weighted by molar-refractivity contribution is 7.00. The van der Waals surface area contributed by atoms with Crippen molar-refractivity contribution >= 4 is 55.7 Å². The van der Waals surface area contributed by atoms with Gasteiger partial charge in [-0.25, -0.2) is 0 Å². The smallest absolute Gasteiger partial charge is 0.113 e. The third-order valence-electron chi connectivity index (χ3n) is 12.0. The fourth-order valence-corrected chi connectivity index (χ4v) is 9.29. The molecule has 0 bridgehead atoms. The van der Waals surface area contributed by atoms with Gasteiger partial charge in [-0.1, -0.05) is 175 Å². The zero-order chi connectivity index (χ0) is 40.6. The predicted octanol–water partition coefficient (Wildman–Crippen LogP) is 15.5. The molecule has 0 radical (unpaired) electrons. The van der Waals surface area contributed by atoms with E-state index < -0.39 is 0 Å². The number of hydrogen-bond acceptors (Lipinski definition) is 5. The van der Waals surface area contributed by atoms with Crippen LogP contribution in [0.1, 0.15) is 79.1 Å². The number of benzene rings is 7.